The number of likely N-dealkylation sites (N-methyl/N-ethyl adjacent to an activating group) is 2. The number of hydrogen-bond acceptors (Lipinski definition) is 3. The fourth-order valence-electron chi connectivity index (χ4n) is 3.27. The van der Waals surface area contributed by atoms with Crippen LogP contribution < -0.4 is 5.32 Å². The maximum Gasteiger partial charge on any atom is 0.0855 e. The van der Waals surface area contributed by atoms with Crippen molar-refractivity contribution in [3.8, 4) is 0 Å². The minimum atomic E-state index is 0.388. The highest BCUT2D eigenvalue weighted by molar-refractivity contribution is 4.82. The van der Waals surface area contributed by atoms with E-state index in [-0.39, 0.29) is 0 Å². The molecule has 126 valence electrons. The Labute approximate surface area is 132 Å². The Hall–Kier alpha value is -0.120. The predicted molar refractivity (Wildman–Crippen MR) is 91.9 cm³/mol. The van der Waals surface area contributed by atoms with Gasteiger partial charge in [-0.3, -0.25) is 4.90 Å². The van der Waals surface area contributed by atoms with Gasteiger partial charge in [0.2, 0.25) is 0 Å². The lowest BCUT2D eigenvalue weighted by Crippen LogP contribution is -2.52. The summed E-state index contributed by atoms with van der Waals surface area (Å²) in [5.41, 5.74) is 0. The zero-order chi connectivity index (χ0) is 15.3. The third kappa shape index (κ3) is 8.18. The second-order valence-electron chi connectivity index (χ2n) is 6.38. The Morgan fingerprint density at radius 3 is 2.43 bits per heavy atom. The number of nitrogens with zero attached hydrogens (tertiary/aromatic N) is 1. The number of hydrogen-bond donors (Lipinski definition) is 1. The van der Waals surface area contributed by atoms with Gasteiger partial charge in [0.25, 0.3) is 0 Å². The maximum absolute atomic E-state index is 6.03. The highest BCUT2D eigenvalue weighted by Crippen LogP contribution is 2.15. The summed E-state index contributed by atoms with van der Waals surface area (Å²) in [4.78, 5) is 2.52. The molecule has 21 heavy (non-hydrogen) atoms. The van der Waals surface area contributed by atoms with Crippen molar-refractivity contribution in [3.63, 3.8) is 0 Å². The molecule has 0 bridgehead atoms. The van der Waals surface area contributed by atoms with Crippen molar-refractivity contribution in [2.24, 2.45) is 0 Å². The van der Waals surface area contributed by atoms with Crippen molar-refractivity contribution < 1.29 is 4.74 Å². The highest BCUT2D eigenvalue weighted by atomic mass is 16.5. The van der Waals surface area contributed by atoms with Crippen LogP contribution in [-0.2, 0) is 4.74 Å². The summed E-state index contributed by atoms with van der Waals surface area (Å²) in [6.07, 6.45) is 11.4. The maximum atomic E-state index is 6.03. The smallest absolute Gasteiger partial charge is 0.0855 e. The van der Waals surface area contributed by atoms with Crippen molar-refractivity contribution in [1.29, 1.82) is 0 Å². The molecule has 1 fully saturated rings. The van der Waals surface area contributed by atoms with E-state index in [1.807, 2.05) is 0 Å². The van der Waals surface area contributed by atoms with Crippen LogP contribution in [0.5, 0.6) is 0 Å². The van der Waals surface area contributed by atoms with E-state index in [1.54, 1.807) is 0 Å². The van der Waals surface area contributed by atoms with Gasteiger partial charge < -0.3 is 10.1 Å². The Bertz CT molecular complexity index is 235. The third-order valence-corrected chi connectivity index (χ3v) is 4.66. The lowest BCUT2D eigenvalue weighted by atomic mass is 10.0. The second-order valence-corrected chi connectivity index (χ2v) is 6.38. The quantitative estimate of drug-likeness (QED) is 0.554. The van der Waals surface area contributed by atoms with E-state index in [9.17, 15) is 0 Å². The summed E-state index contributed by atoms with van der Waals surface area (Å²) in [6.45, 7) is 12.0. The summed E-state index contributed by atoms with van der Waals surface area (Å²) in [5, 5.41) is 3.66. The Kier molecular flexibility index (Phi) is 11.2. The number of unbranched alkanes of at least 4 members (excludes halogenated alkanes) is 6. The standard InChI is InChI=1S/C18H38N2O/c1-4-7-8-9-10-11-12-13-17(19-5-2)18-16-20(6-3)14-15-21-18/h17-19H,4-16H2,1-3H3. The molecule has 0 aliphatic carbocycles. The average molecular weight is 299 g/mol. The average Bonchev–Trinajstić information content (AvgIpc) is 2.53. The van der Waals surface area contributed by atoms with Crippen molar-refractivity contribution in [1.82, 2.24) is 10.2 Å². The van der Waals surface area contributed by atoms with Gasteiger partial charge in [0.15, 0.2) is 0 Å². The molecule has 0 saturated carbocycles. The normalized spacial score (nSPS) is 21.6. The van der Waals surface area contributed by atoms with Crippen molar-refractivity contribution in [2.75, 3.05) is 32.8 Å². The first-order valence-electron chi connectivity index (χ1n) is 9.39. The molecule has 0 amide bonds. The second kappa shape index (κ2) is 12.4. The van der Waals surface area contributed by atoms with Gasteiger partial charge in [0.1, 0.15) is 0 Å². The molecule has 0 spiro atoms. The van der Waals surface area contributed by atoms with E-state index in [1.165, 1.54) is 51.4 Å². The summed E-state index contributed by atoms with van der Waals surface area (Å²) in [7, 11) is 0. The molecule has 3 heteroatoms. The SMILES string of the molecule is CCCCCCCCCC(NCC)C1CN(CC)CCO1. The van der Waals surface area contributed by atoms with Gasteiger partial charge in [-0.1, -0.05) is 65.7 Å². The minimum Gasteiger partial charge on any atom is -0.374 e. The summed E-state index contributed by atoms with van der Waals surface area (Å²) < 4.78 is 6.03. The first-order chi connectivity index (χ1) is 10.3. The molecular weight excluding hydrogens is 260 g/mol. The molecule has 0 aromatic carbocycles. The number of morpholine rings is 1. The minimum absolute atomic E-state index is 0.388. The fraction of sp³-hybridized carbons (Fsp3) is 1.00. The van der Waals surface area contributed by atoms with Gasteiger partial charge in [0, 0.05) is 19.1 Å². The van der Waals surface area contributed by atoms with Crippen molar-refractivity contribution >= 4 is 0 Å². The van der Waals surface area contributed by atoms with Crippen LogP contribution in [0.2, 0.25) is 0 Å². The van der Waals surface area contributed by atoms with Gasteiger partial charge in [-0.25, -0.2) is 0 Å². The number of ether oxygens (including phenoxy) is 1. The van der Waals surface area contributed by atoms with Crippen LogP contribution in [0.25, 0.3) is 0 Å². The molecule has 1 aliphatic heterocycles. The van der Waals surface area contributed by atoms with Crippen LogP contribution in [0, 0.1) is 0 Å². The van der Waals surface area contributed by atoms with E-state index < -0.39 is 0 Å². The molecule has 1 aliphatic rings. The molecule has 1 N–H and O–H groups in total. The largest absolute Gasteiger partial charge is 0.374 e. The molecule has 1 saturated heterocycles. The Morgan fingerprint density at radius 2 is 1.76 bits per heavy atom. The first-order valence-corrected chi connectivity index (χ1v) is 9.39. The van der Waals surface area contributed by atoms with Crippen LogP contribution >= 0.6 is 0 Å². The molecule has 1 heterocycles. The summed E-state index contributed by atoms with van der Waals surface area (Å²) in [6, 6.07) is 0.542. The van der Waals surface area contributed by atoms with E-state index >= 15 is 0 Å². The van der Waals surface area contributed by atoms with E-state index in [2.05, 4.69) is 31.0 Å². The van der Waals surface area contributed by atoms with Crippen LogP contribution in [-0.4, -0.2) is 49.8 Å². The Morgan fingerprint density at radius 1 is 1.05 bits per heavy atom. The van der Waals surface area contributed by atoms with Crippen LogP contribution in [0.3, 0.4) is 0 Å². The van der Waals surface area contributed by atoms with E-state index in [0.717, 1.165) is 32.8 Å². The van der Waals surface area contributed by atoms with Gasteiger partial charge >= 0.3 is 0 Å². The van der Waals surface area contributed by atoms with Gasteiger partial charge in [-0.05, 0) is 19.5 Å². The molecule has 0 radical (unpaired) electrons. The fourth-order valence-corrected chi connectivity index (χ4v) is 3.27. The van der Waals surface area contributed by atoms with E-state index in [4.69, 9.17) is 4.74 Å². The van der Waals surface area contributed by atoms with E-state index in [0.29, 0.717) is 12.1 Å². The monoisotopic (exact) mass is 298 g/mol. The van der Waals surface area contributed by atoms with Gasteiger partial charge in [-0.2, -0.15) is 0 Å². The molecule has 0 aromatic rings. The zero-order valence-electron chi connectivity index (χ0n) is 14.7. The lowest BCUT2D eigenvalue weighted by Gasteiger charge is -2.37. The zero-order valence-corrected chi connectivity index (χ0v) is 14.7. The molecule has 3 nitrogen and oxygen atoms in total. The van der Waals surface area contributed by atoms with Crippen LogP contribution in [0.1, 0.15) is 72.1 Å². The summed E-state index contributed by atoms with van der Waals surface area (Å²) in [5.74, 6) is 0. The topological polar surface area (TPSA) is 24.5 Å². The Balaban J connectivity index is 2.19. The predicted octanol–water partition coefficient (Wildman–Crippen LogP) is 3.83. The molecule has 2 atom stereocenters. The number of nitrogens with one attached hydrogen (secondary N) is 1. The third-order valence-electron chi connectivity index (χ3n) is 4.66. The molecule has 1 rings (SSSR count). The van der Waals surface area contributed by atoms with Gasteiger partial charge in [0.05, 0.1) is 12.7 Å². The van der Waals surface area contributed by atoms with Crippen LogP contribution in [0.15, 0.2) is 0 Å². The molecular formula is C18H38N2O. The van der Waals surface area contributed by atoms with Crippen LogP contribution in [0.4, 0.5) is 0 Å². The molecule has 2 unspecified atom stereocenters. The van der Waals surface area contributed by atoms with Crippen molar-refractivity contribution in [2.45, 2.75) is 84.3 Å². The number of rotatable bonds is 12. The molecule has 0 aromatic heterocycles. The highest BCUT2D eigenvalue weighted by Gasteiger charge is 2.26. The summed E-state index contributed by atoms with van der Waals surface area (Å²) >= 11 is 0. The lowest BCUT2D eigenvalue weighted by molar-refractivity contribution is -0.0462. The first kappa shape index (κ1) is 18.9. The van der Waals surface area contributed by atoms with Gasteiger partial charge in [-0.15, -0.1) is 0 Å². The van der Waals surface area contributed by atoms with Crippen molar-refractivity contribution in [3.05, 3.63) is 0 Å².